The van der Waals surface area contributed by atoms with Crippen LogP contribution in [0.2, 0.25) is 0 Å². The number of benzene rings is 2. The van der Waals surface area contributed by atoms with E-state index in [2.05, 4.69) is 10.1 Å². The number of alkyl halides is 5. The van der Waals surface area contributed by atoms with E-state index in [1.807, 2.05) is 0 Å². The second-order valence-corrected chi connectivity index (χ2v) is 5.30. The highest BCUT2D eigenvalue weighted by atomic mass is 19.4. The summed E-state index contributed by atoms with van der Waals surface area (Å²) in [6, 6.07) is 10.1. The van der Waals surface area contributed by atoms with Crippen molar-refractivity contribution in [2.75, 3.05) is 5.32 Å². The number of anilines is 1. The van der Waals surface area contributed by atoms with E-state index in [1.54, 1.807) is 12.1 Å². The lowest BCUT2D eigenvalue weighted by molar-refractivity contribution is -0.274. The van der Waals surface area contributed by atoms with Crippen LogP contribution in [0.4, 0.5) is 27.6 Å². The molecule has 1 aliphatic carbocycles. The largest absolute Gasteiger partial charge is 0.573 e. The lowest BCUT2D eigenvalue weighted by Crippen LogP contribution is -2.29. The number of fused-ring (bicyclic) bond motifs is 1. The average Bonchev–Trinajstić information content (AvgIpc) is 2.45. The van der Waals surface area contributed by atoms with Crippen LogP contribution in [0.15, 0.2) is 42.5 Å². The molecular weight excluding hydrogens is 317 g/mol. The third-order valence-electron chi connectivity index (χ3n) is 3.57. The Bertz CT molecular complexity index is 709. The molecule has 7 heteroatoms. The third kappa shape index (κ3) is 3.55. The molecule has 0 atom stereocenters. The van der Waals surface area contributed by atoms with Gasteiger partial charge in [0.25, 0.3) is 5.92 Å². The molecule has 1 N–H and O–H groups in total. The van der Waals surface area contributed by atoms with Crippen molar-refractivity contribution in [1.29, 1.82) is 0 Å². The van der Waals surface area contributed by atoms with Gasteiger partial charge in [0, 0.05) is 24.2 Å². The fraction of sp³-hybridized carbons (Fsp3) is 0.250. The number of halogens is 5. The molecule has 3 rings (SSSR count). The second kappa shape index (κ2) is 5.40. The molecule has 0 spiro atoms. The van der Waals surface area contributed by atoms with E-state index in [0.29, 0.717) is 23.4 Å². The summed E-state index contributed by atoms with van der Waals surface area (Å²) in [5.41, 5.74) is 1.90. The highest BCUT2D eigenvalue weighted by Gasteiger charge is 2.43. The predicted molar refractivity (Wildman–Crippen MR) is 74.5 cm³/mol. The van der Waals surface area contributed by atoms with Gasteiger partial charge >= 0.3 is 6.36 Å². The van der Waals surface area contributed by atoms with Gasteiger partial charge in [0.15, 0.2) is 0 Å². The zero-order valence-corrected chi connectivity index (χ0v) is 11.8. The first-order valence-corrected chi connectivity index (χ1v) is 6.83. The summed E-state index contributed by atoms with van der Waals surface area (Å²) in [5.74, 6) is -3.08. The molecular formula is C16H12F5NO. The Balaban J connectivity index is 1.62. The molecule has 0 heterocycles. The summed E-state index contributed by atoms with van der Waals surface area (Å²) >= 11 is 0. The predicted octanol–water partition coefficient (Wildman–Crippen LogP) is 4.85. The van der Waals surface area contributed by atoms with Crippen LogP contribution >= 0.6 is 0 Å². The van der Waals surface area contributed by atoms with Crippen molar-refractivity contribution in [3.8, 4) is 5.75 Å². The number of rotatable bonds is 4. The van der Waals surface area contributed by atoms with E-state index in [-0.39, 0.29) is 17.7 Å². The van der Waals surface area contributed by atoms with Crippen LogP contribution in [0, 0.1) is 0 Å². The van der Waals surface area contributed by atoms with Crippen LogP contribution in [0.3, 0.4) is 0 Å². The van der Waals surface area contributed by atoms with Crippen LogP contribution in [0.1, 0.15) is 16.7 Å². The molecule has 0 fully saturated rings. The Morgan fingerprint density at radius 2 is 1.74 bits per heavy atom. The van der Waals surface area contributed by atoms with E-state index < -0.39 is 12.3 Å². The quantitative estimate of drug-likeness (QED) is 0.810. The number of ether oxygens (including phenoxy) is 1. The van der Waals surface area contributed by atoms with E-state index >= 15 is 0 Å². The maximum atomic E-state index is 13.3. The third-order valence-corrected chi connectivity index (χ3v) is 3.57. The van der Waals surface area contributed by atoms with Gasteiger partial charge in [-0.15, -0.1) is 13.2 Å². The van der Waals surface area contributed by atoms with Gasteiger partial charge < -0.3 is 10.1 Å². The van der Waals surface area contributed by atoms with Crippen LogP contribution in [-0.2, 0) is 18.9 Å². The van der Waals surface area contributed by atoms with E-state index in [9.17, 15) is 22.0 Å². The maximum Gasteiger partial charge on any atom is 0.573 e. The van der Waals surface area contributed by atoms with Crippen molar-refractivity contribution < 1.29 is 26.7 Å². The van der Waals surface area contributed by atoms with Crippen molar-refractivity contribution in [2.45, 2.75) is 25.3 Å². The molecule has 0 saturated carbocycles. The fourth-order valence-corrected chi connectivity index (χ4v) is 2.42. The highest BCUT2D eigenvalue weighted by Crippen LogP contribution is 2.44. The maximum absolute atomic E-state index is 13.3. The number of hydrogen-bond acceptors (Lipinski definition) is 2. The zero-order valence-electron chi connectivity index (χ0n) is 11.8. The Kier molecular flexibility index (Phi) is 3.66. The average molecular weight is 329 g/mol. The summed E-state index contributed by atoms with van der Waals surface area (Å²) in [5, 5.41) is 2.97. The molecule has 0 aliphatic heterocycles. The molecule has 122 valence electrons. The van der Waals surface area contributed by atoms with Gasteiger partial charge in [0.05, 0.1) is 0 Å². The molecule has 0 amide bonds. The minimum atomic E-state index is -4.73. The minimum absolute atomic E-state index is 0.0245. The molecule has 2 aromatic carbocycles. The Morgan fingerprint density at radius 3 is 2.35 bits per heavy atom. The van der Waals surface area contributed by atoms with Crippen molar-refractivity contribution in [3.63, 3.8) is 0 Å². The smallest absolute Gasteiger partial charge is 0.406 e. The Hall–Kier alpha value is -2.31. The molecule has 1 aliphatic rings. The van der Waals surface area contributed by atoms with Gasteiger partial charge in [-0.25, -0.2) is 8.78 Å². The van der Waals surface area contributed by atoms with Gasteiger partial charge in [-0.05, 0) is 35.4 Å². The van der Waals surface area contributed by atoms with Crippen molar-refractivity contribution >= 4 is 5.69 Å². The van der Waals surface area contributed by atoms with Crippen molar-refractivity contribution in [1.82, 2.24) is 0 Å². The van der Waals surface area contributed by atoms with Gasteiger partial charge in [-0.3, -0.25) is 0 Å². The Morgan fingerprint density at radius 1 is 1.04 bits per heavy atom. The number of hydrogen-bond donors (Lipinski definition) is 1. The fourth-order valence-electron chi connectivity index (χ4n) is 2.42. The summed E-state index contributed by atoms with van der Waals surface area (Å²) in [7, 11) is 0. The van der Waals surface area contributed by atoms with Crippen LogP contribution in [-0.4, -0.2) is 6.36 Å². The molecule has 0 aromatic heterocycles. The molecule has 23 heavy (non-hydrogen) atoms. The van der Waals surface area contributed by atoms with Crippen molar-refractivity contribution in [3.05, 3.63) is 59.2 Å². The van der Waals surface area contributed by atoms with Gasteiger partial charge in [0.1, 0.15) is 5.75 Å². The van der Waals surface area contributed by atoms with E-state index in [4.69, 9.17) is 0 Å². The normalized spacial score (nSPS) is 15.5. The second-order valence-electron chi connectivity index (χ2n) is 5.30. The first-order chi connectivity index (χ1) is 10.7. The molecule has 0 radical (unpaired) electrons. The van der Waals surface area contributed by atoms with Gasteiger partial charge in [-0.2, -0.15) is 0 Å². The summed E-state index contributed by atoms with van der Waals surface area (Å²) in [4.78, 5) is 0. The van der Waals surface area contributed by atoms with E-state index in [0.717, 1.165) is 0 Å². The lowest BCUT2D eigenvalue weighted by atomic mass is 9.84. The minimum Gasteiger partial charge on any atom is -0.406 e. The molecule has 2 nitrogen and oxygen atoms in total. The SMILES string of the molecule is FC(F)(F)Oc1ccc(CNc2ccc3c(c2)C(F)(F)C3)cc1. The topological polar surface area (TPSA) is 21.3 Å². The highest BCUT2D eigenvalue weighted by molar-refractivity contribution is 5.54. The molecule has 0 bridgehead atoms. The first-order valence-electron chi connectivity index (χ1n) is 6.83. The lowest BCUT2D eigenvalue weighted by Gasteiger charge is -2.30. The van der Waals surface area contributed by atoms with Gasteiger partial charge in [-0.1, -0.05) is 18.2 Å². The van der Waals surface area contributed by atoms with Gasteiger partial charge in [0.2, 0.25) is 0 Å². The first kappa shape index (κ1) is 15.6. The Labute approximate surface area is 128 Å². The van der Waals surface area contributed by atoms with Crippen LogP contribution in [0.25, 0.3) is 0 Å². The molecule has 0 unspecified atom stereocenters. The number of nitrogens with one attached hydrogen (secondary N) is 1. The van der Waals surface area contributed by atoms with E-state index in [1.165, 1.54) is 30.3 Å². The molecule has 0 saturated heterocycles. The zero-order chi connectivity index (χ0) is 16.7. The van der Waals surface area contributed by atoms with Crippen LogP contribution in [0.5, 0.6) is 5.75 Å². The van der Waals surface area contributed by atoms with Crippen molar-refractivity contribution in [2.24, 2.45) is 0 Å². The standard InChI is InChI=1S/C16H12F5NO/c17-15(18)8-11-3-4-12(7-14(11)15)22-9-10-1-5-13(6-2-10)23-16(19,20)21/h1-7,22H,8-9H2. The summed E-state index contributed by atoms with van der Waals surface area (Å²) in [6.45, 7) is 0.302. The molecule has 2 aromatic rings. The summed E-state index contributed by atoms with van der Waals surface area (Å²) < 4.78 is 66.6. The monoisotopic (exact) mass is 329 g/mol. The van der Waals surface area contributed by atoms with Crippen LogP contribution < -0.4 is 10.1 Å². The summed E-state index contributed by atoms with van der Waals surface area (Å²) in [6.07, 6.45) is -4.96.